The molecule has 1 fully saturated rings. The molecule has 1 amide bonds. The predicted octanol–water partition coefficient (Wildman–Crippen LogP) is 0.658. The molecule has 1 aliphatic rings. The normalized spacial score (nSPS) is 18.4. The van der Waals surface area contributed by atoms with Crippen LogP contribution in [0.1, 0.15) is 6.42 Å². The molecule has 21 heavy (non-hydrogen) atoms. The summed E-state index contributed by atoms with van der Waals surface area (Å²) in [6.07, 6.45) is 2.01. The Hall–Kier alpha value is -1.60. The number of carbonyl (C=O) groups excluding carboxylic acids is 1. The third kappa shape index (κ3) is 5.35. The van der Waals surface area contributed by atoms with Gasteiger partial charge in [-0.25, -0.2) is 8.42 Å². The number of sulfone groups is 1. The van der Waals surface area contributed by atoms with Gasteiger partial charge in [-0.15, -0.1) is 0 Å². The van der Waals surface area contributed by atoms with Gasteiger partial charge in [-0.05, 0) is 25.1 Å². The Labute approximate surface area is 124 Å². The number of ether oxygens (including phenoxy) is 1. The fourth-order valence-corrected chi connectivity index (χ4v) is 2.48. The molecular formula is C14H20N2O4S. The summed E-state index contributed by atoms with van der Waals surface area (Å²) in [5.41, 5.74) is 0.656. The molecule has 1 aromatic rings. The quantitative estimate of drug-likeness (QED) is 0.806. The third-order valence-corrected chi connectivity index (χ3v) is 4.16. The smallest absolute Gasteiger partial charge is 0.228 e. The van der Waals surface area contributed by atoms with E-state index in [9.17, 15) is 13.2 Å². The second-order valence-electron chi connectivity index (χ2n) is 5.19. The van der Waals surface area contributed by atoms with Crippen LogP contribution in [0.2, 0.25) is 0 Å². The van der Waals surface area contributed by atoms with Crippen molar-refractivity contribution in [3.05, 3.63) is 24.3 Å². The SMILES string of the molecule is CS(=O)(=O)CCOc1cccc(NC(=O)C2CCNC2)c1. The summed E-state index contributed by atoms with van der Waals surface area (Å²) in [6, 6.07) is 6.97. The minimum atomic E-state index is -3.04. The van der Waals surface area contributed by atoms with Crippen LogP contribution in [0.4, 0.5) is 5.69 Å². The number of hydrogen-bond acceptors (Lipinski definition) is 5. The van der Waals surface area contributed by atoms with Gasteiger partial charge in [-0.3, -0.25) is 4.79 Å². The molecule has 2 rings (SSSR count). The Kier molecular flexibility index (Phi) is 5.19. The molecule has 1 saturated heterocycles. The maximum atomic E-state index is 12.0. The van der Waals surface area contributed by atoms with Gasteiger partial charge in [0.25, 0.3) is 0 Å². The lowest BCUT2D eigenvalue weighted by atomic mass is 10.1. The van der Waals surface area contributed by atoms with E-state index in [4.69, 9.17) is 4.74 Å². The summed E-state index contributed by atoms with van der Waals surface area (Å²) in [7, 11) is -3.04. The number of amides is 1. The van der Waals surface area contributed by atoms with Gasteiger partial charge in [-0.2, -0.15) is 0 Å². The van der Waals surface area contributed by atoms with Crippen molar-refractivity contribution in [1.29, 1.82) is 0 Å². The first kappa shape index (κ1) is 15.8. The van der Waals surface area contributed by atoms with Crippen molar-refractivity contribution in [2.24, 2.45) is 5.92 Å². The molecule has 1 aromatic carbocycles. The maximum Gasteiger partial charge on any atom is 0.228 e. The first-order chi connectivity index (χ1) is 9.94. The van der Waals surface area contributed by atoms with Crippen molar-refractivity contribution in [3.8, 4) is 5.75 Å². The topological polar surface area (TPSA) is 84.5 Å². The first-order valence-corrected chi connectivity index (χ1v) is 8.92. The van der Waals surface area contributed by atoms with Gasteiger partial charge in [0.2, 0.25) is 5.91 Å². The largest absolute Gasteiger partial charge is 0.492 e. The van der Waals surface area contributed by atoms with E-state index < -0.39 is 9.84 Å². The molecule has 0 spiro atoms. The van der Waals surface area contributed by atoms with Crippen molar-refractivity contribution in [1.82, 2.24) is 5.32 Å². The van der Waals surface area contributed by atoms with Crippen molar-refractivity contribution < 1.29 is 17.9 Å². The zero-order chi connectivity index (χ0) is 15.3. The van der Waals surface area contributed by atoms with Gasteiger partial charge in [0.05, 0.1) is 11.7 Å². The summed E-state index contributed by atoms with van der Waals surface area (Å²) in [6.45, 7) is 1.67. The van der Waals surface area contributed by atoms with Crippen LogP contribution < -0.4 is 15.4 Å². The molecule has 116 valence electrons. The molecule has 0 aliphatic carbocycles. The van der Waals surface area contributed by atoms with E-state index in [0.717, 1.165) is 13.0 Å². The molecule has 0 bridgehead atoms. The average Bonchev–Trinajstić information content (AvgIpc) is 2.91. The van der Waals surface area contributed by atoms with E-state index in [2.05, 4.69) is 10.6 Å². The highest BCUT2D eigenvalue weighted by Gasteiger charge is 2.22. The van der Waals surface area contributed by atoms with Crippen LogP contribution in [-0.2, 0) is 14.6 Å². The summed E-state index contributed by atoms with van der Waals surface area (Å²) < 4.78 is 27.5. The van der Waals surface area contributed by atoms with E-state index >= 15 is 0 Å². The van der Waals surface area contributed by atoms with Gasteiger partial charge in [0.15, 0.2) is 9.84 Å². The fourth-order valence-electron chi connectivity index (χ4n) is 2.10. The Morgan fingerprint density at radius 3 is 2.95 bits per heavy atom. The number of anilines is 1. The Bertz CT molecular complexity index is 595. The van der Waals surface area contributed by atoms with Gasteiger partial charge in [0, 0.05) is 24.6 Å². The van der Waals surface area contributed by atoms with Crippen molar-refractivity contribution in [2.45, 2.75) is 6.42 Å². The lowest BCUT2D eigenvalue weighted by Crippen LogP contribution is -2.24. The summed E-state index contributed by atoms with van der Waals surface area (Å²) in [5, 5.41) is 6.00. The van der Waals surface area contributed by atoms with Gasteiger partial charge < -0.3 is 15.4 Å². The van der Waals surface area contributed by atoms with Gasteiger partial charge in [0.1, 0.15) is 12.4 Å². The van der Waals surface area contributed by atoms with Gasteiger partial charge >= 0.3 is 0 Å². The average molecular weight is 312 g/mol. The molecule has 6 nitrogen and oxygen atoms in total. The van der Waals surface area contributed by atoms with E-state index in [1.54, 1.807) is 24.3 Å². The van der Waals surface area contributed by atoms with E-state index in [0.29, 0.717) is 18.0 Å². The van der Waals surface area contributed by atoms with Crippen LogP contribution in [0.3, 0.4) is 0 Å². The Morgan fingerprint density at radius 2 is 2.29 bits per heavy atom. The van der Waals surface area contributed by atoms with Crippen LogP contribution in [0.25, 0.3) is 0 Å². The number of nitrogens with one attached hydrogen (secondary N) is 2. The number of carbonyl (C=O) groups is 1. The second kappa shape index (κ2) is 6.91. The lowest BCUT2D eigenvalue weighted by Gasteiger charge is -2.11. The molecule has 1 heterocycles. The second-order valence-corrected chi connectivity index (χ2v) is 7.44. The molecule has 0 saturated carbocycles. The third-order valence-electron chi connectivity index (χ3n) is 3.26. The Balaban J connectivity index is 1.89. The molecule has 0 radical (unpaired) electrons. The highest BCUT2D eigenvalue weighted by atomic mass is 32.2. The molecule has 2 N–H and O–H groups in total. The summed E-state index contributed by atoms with van der Waals surface area (Å²) in [5.74, 6) is 0.506. The summed E-state index contributed by atoms with van der Waals surface area (Å²) in [4.78, 5) is 12.0. The fraction of sp³-hybridized carbons (Fsp3) is 0.500. The highest BCUT2D eigenvalue weighted by molar-refractivity contribution is 7.90. The van der Waals surface area contributed by atoms with Crippen LogP contribution in [0.15, 0.2) is 24.3 Å². The molecule has 1 unspecified atom stereocenters. The van der Waals surface area contributed by atoms with Crippen molar-refractivity contribution in [3.63, 3.8) is 0 Å². The van der Waals surface area contributed by atoms with Gasteiger partial charge in [-0.1, -0.05) is 6.07 Å². The van der Waals surface area contributed by atoms with E-state index in [1.165, 1.54) is 6.26 Å². The minimum absolute atomic E-state index is 0.000177. The number of rotatable bonds is 6. The molecule has 1 aliphatic heterocycles. The molecule has 1 atom stereocenters. The van der Waals surface area contributed by atoms with Crippen LogP contribution in [-0.4, -0.2) is 46.0 Å². The first-order valence-electron chi connectivity index (χ1n) is 6.86. The molecular weight excluding hydrogens is 292 g/mol. The van der Waals surface area contributed by atoms with E-state index in [-0.39, 0.29) is 24.2 Å². The number of hydrogen-bond donors (Lipinski definition) is 2. The Morgan fingerprint density at radius 1 is 1.48 bits per heavy atom. The van der Waals surface area contributed by atoms with Crippen molar-refractivity contribution in [2.75, 3.05) is 37.0 Å². The molecule has 7 heteroatoms. The molecule has 0 aromatic heterocycles. The zero-order valence-corrected chi connectivity index (χ0v) is 12.8. The minimum Gasteiger partial charge on any atom is -0.492 e. The maximum absolute atomic E-state index is 12.0. The summed E-state index contributed by atoms with van der Waals surface area (Å²) >= 11 is 0. The zero-order valence-electron chi connectivity index (χ0n) is 12.0. The van der Waals surface area contributed by atoms with Crippen LogP contribution >= 0.6 is 0 Å². The number of benzene rings is 1. The monoisotopic (exact) mass is 312 g/mol. The highest BCUT2D eigenvalue weighted by Crippen LogP contribution is 2.19. The standard InChI is InChI=1S/C14H20N2O4S/c1-21(18,19)8-7-20-13-4-2-3-12(9-13)16-14(17)11-5-6-15-10-11/h2-4,9,11,15H,5-8,10H2,1H3,(H,16,17). The van der Waals surface area contributed by atoms with Crippen molar-refractivity contribution >= 4 is 21.4 Å². The van der Waals surface area contributed by atoms with Crippen LogP contribution in [0.5, 0.6) is 5.75 Å². The predicted molar refractivity (Wildman–Crippen MR) is 81.3 cm³/mol. The lowest BCUT2D eigenvalue weighted by molar-refractivity contribution is -0.119. The van der Waals surface area contributed by atoms with Crippen LogP contribution in [0, 0.1) is 5.92 Å². The van der Waals surface area contributed by atoms with E-state index in [1.807, 2.05) is 0 Å².